The van der Waals surface area contributed by atoms with Crippen LogP contribution in [-0.2, 0) is 10.0 Å². The highest BCUT2D eigenvalue weighted by molar-refractivity contribution is 7.89. The Hall–Kier alpha value is -2.77. The number of rotatable bonds is 4. The molecular weight excluding hydrogens is 408 g/mol. The summed E-state index contributed by atoms with van der Waals surface area (Å²) < 4.78 is 28.5. The van der Waals surface area contributed by atoms with Crippen molar-refractivity contribution in [1.82, 2.24) is 14.3 Å². The van der Waals surface area contributed by atoms with Crippen molar-refractivity contribution in [2.24, 2.45) is 5.92 Å². The largest absolute Gasteiger partial charge is 0.355 e. The highest BCUT2D eigenvalue weighted by Crippen LogP contribution is 2.38. The quantitative estimate of drug-likeness (QED) is 0.627. The molecule has 2 aliphatic heterocycles. The van der Waals surface area contributed by atoms with Crippen molar-refractivity contribution in [3.8, 4) is 11.4 Å². The summed E-state index contributed by atoms with van der Waals surface area (Å²) in [6, 6.07) is 17.4. The molecule has 1 aromatic heterocycles. The van der Waals surface area contributed by atoms with Gasteiger partial charge in [0.25, 0.3) is 0 Å². The third-order valence-electron chi connectivity index (χ3n) is 6.43. The second-order valence-electron chi connectivity index (χ2n) is 8.51. The molecule has 7 heteroatoms. The zero-order valence-electron chi connectivity index (χ0n) is 17.8. The molecule has 0 saturated carbocycles. The van der Waals surface area contributed by atoms with E-state index in [4.69, 9.17) is 4.98 Å². The van der Waals surface area contributed by atoms with Crippen molar-refractivity contribution in [3.05, 3.63) is 71.9 Å². The van der Waals surface area contributed by atoms with E-state index in [1.165, 1.54) is 0 Å². The van der Waals surface area contributed by atoms with E-state index in [2.05, 4.69) is 9.88 Å². The molecule has 0 spiro atoms. The lowest BCUT2D eigenvalue weighted by Crippen LogP contribution is -2.65. The van der Waals surface area contributed by atoms with Crippen molar-refractivity contribution in [3.63, 3.8) is 0 Å². The Labute approximate surface area is 183 Å². The third-order valence-corrected chi connectivity index (χ3v) is 8.47. The van der Waals surface area contributed by atoms with Crippen LogP contribution >= 0.6 is 0 Å². The van der Waals surface area contributed by atoms with Gasteiger partial charge in [-0.25, -0.2) is 18.4 Å². The summed E-state index contributed by atoms with van der Waals surface area (Å²) in [6.07, 6.45) is 2.75. The SMILES string of the molecule is Cc1ccc(C)c(S(=O)(=O)N2CC3CCN(c4ccnc(-c5ccccc5)n4)CC32)c1. The summed E-state index contributed by atoms with van der Waals surface area (Å²) in [6.45, 7) is 5.93. The van der Waals surface area contributed by atoms with E-state index in [1.54, 1.807) is 16.6 Å². The van der Waals surface area contributed by atoms with Crippen LogP contribution in [0, 0.1) is 19.8 Å². The zero-order chi connectivity index (χ0) is 21.6. The summed E-state index contributed by atoms with van der Waals surface area (Å²) in [4.78, 5) is 11.8. The Bertz CT molecular complexity index is 1210. The van der Waals surface area contributed by atoms with Crippen LogP contribution in [0.3, 0.4) is 0 Å². The first kappa shape index (κ1) is 20.2. The van der Waals surface area contributed by atoms with Crippen LogP contribution in [0.25, 0.3) is 11.4 Å². The van der Waals surface area contributed by atoms with Gasteiger partial charge >= 0.3 is 0 Å². The molecule has 31 heavy (non-hydrogen) atoms. The minimum Gasteiger partial charge on any atom is -0.355 e. The second kappa shape index (κ2) is 7.73. The fourth-order valence-electron chi connectivity index (χ4n) is 4.60. The first-order chi connectivity index (χ1) is 14.9. The fourth-order valence-corrected chi connectivity index (χ4v) is 6.64. The van der Waals surface area contributed by atoms with Gasteiger partial charge in [-0.1, -0.05) is 42.5 Å². The van der Waals surface area contributed by atoms with Crippen LogP contribution in [-0.4, -0.2) is 48.4 Å². The minimum absolute atomic E-state index is 0.0196. The number of fused-ring (bicyclic) bond motifs is 1. The van der Waals surface area contributed by atoms with Gasteiger partial charge in [0.2, 0.25) is 10.0 Å². The summed E-state index contributed by atoms with van der Waals surface area (Å²) in [5, 5.41) is 0. The molecule has 2 saturated heterocycles. The van der Waals surface area contributed by atoms with Gasteiger partial charge in [0.1, 0.15) is 5.82 Å². The lowest BCUT2D eigenvalue weighted by atomic mass is 9.85. The maximum Gasteiger partial charge on any atom is 0.243 e. The zero-order valence-corrected chi connectivity index (χ0v) is 18.6. The van der Waals surface area contributed by atoms with E-state index in [0.717, 1.165) is 35.5 Å². The number of piperidine rings is 1. The highest BCUT2D eigenvalue weighted by atomic mass is 32.2. The number of hydrogen-bond acceptors (Lipinski definition) is 5. The van der Waals surface area contributed by atoms with E-state index in [0.29, 0.717) is 29.7 Å². The van der Waals surface area contributed by atoms with Gasteiger partial charge in [0.15, 0.2) is 5.82 Å². The molecule has 6 nitrogen and oxygen atoms in total. The van der Waals surface area contributed by atoms with E-state index in [1.807, 2.05) is 62.4 Å². The molecule has 0 N–H and O–H groups in total. The molecule has 0 amide bonds. The second-order valence-corrected chi connectivity index (χ2v) is 10.4. The average Bonchev–Trinajstić information content (AvgIpc) is 2.77. The number of sulfonamides is 1. The maximum absolute atomic E-state index is 13.4. The summed E-state index contributed by atoms with van der Waals surface area (Å²) in [7, 11) is -3.51. The normalized spacial score (nSPS) is 21.4. The van der Waals surface area contributed by atoms with Crippen LogP contribution in [0.2, 0.25) is 0 Å². The molecule has 2 aromatic carbocycles. The molecule has 0 aliphatic carbocycles. The maximum atomic E-state index is 13.4. The fraction of sp³-hybridized carbons (Fsp3) is 0.333. The van der Waals surface area contributed by atoms with E-state index in [-0.39, 0.29) is 6.04 Å². The smallest absolute Gasteiger partial charge is 0.243 e. The molecule has 2 unspecified atom stereocenters. The van der Waals surface area contributed by atoms with Crippen LogP contribution in [0.4, 0.5) is 5.82 Å². The van der Waals surface area contributed by atoms with Crippen molar-refractivity contribution in [2.45, 2.75) is 31.2 Å². The number of benzene rings is 2. The molecule has 0 radical (unpaired) electrons. The van der Waals surface area contributed by atoms with Crippen molar-refractivity contribution >= 4 is 15.8 Å². The molecule has 3 heterocycles. The summed E-state index contributed by atoms with van der Waals surface area (Å²) in [5.74, 6) is 1.95. The number of nitrogens with zero attached hydrogens (tertiary/aromatic N) is 4. The van der Waals surface area contributed by atoms with Gasteiger partial charge in [-0.3, -0.25) is 0 Å². The first-order valence-corrected chi connectivity index (χ1v) is 12.1. The van der Waals surface area contributed by atoms with Crippen LogP contribution in [0.5, 0.6) is 0 Å². The van der Waals surface area contributed by atoms with Gasteiger partial charge in [-0.05, 0) is 49.4 Å². The van der Waals surface area contributed by atoms with Crippen LogP contribution in [0.1, 0.15) is 17.5 Å². The van der Waals surface area contributed by atoms with Gasteiger partial charge in [0, 0.05) is 37.4 Å². The monoisotopic (exact) mass is 434 g/mol. The summed E-state index contributed by atoms with van der Waals surface area (Å²) >= 11 is 0. The van der Waals surface area contributed by atoms with Crippen LogP contribution < -0.4 is 4.90 Å². The van der Waals surface area contributed by atoms with Gasteiger partial charge in [-0.15, -0.1) is 0 Å². The molecule has 0 bridgehead atoms. The topological polar surface area (TPSA) is 66.4 Å². The highest BCUT2D eigenvalue weighted by Gasteiger charge is 2.49. The Balaban J connectivity index is 1.39. The lowest BCUT2D eigenvalue weighted by Gasteiger charge is -2.52. The molecule has 160 valence electrons. The molecule has 2 aliphatic rings. The minimum atomic E-state index is -3.51. The summed E-state index contributed by atoms with van der Waals surface area (Å²) in [5.41, 5.74) is 2.73. The Kier molecular flexibility index (Phi) is 5.02. The molecule has 3 aromatic rings. The predicted octanol–water partition coefficient (Wildman–Crippen LogP) is 3.66. The lowest BCUT2D eigenvalue weighted by molar-refractivity contribution is 0.0820. The Morgan fingerprint density at radius 2 is 1.81 bits per heavy atom. The number of aromatic nitrogens is 2. The van der Waals surface area contributed by atoms with Crippen LogP contribution in [0.15, 0.2) is 65.7 Å². The van der Waals surface area contributed by atoms with Gasteiger partial charge in [-0.2, -0.15) is 4.31 Å². The van der Waals surface area contributed by atoms with E-state index < -0.39 is 10.0 Å². The van der Waals surface area contributed by atoms with Crippen molar-refractivity contribution in [1.29, 1.82) is 0 Å². The molecule has 2 atom stereocenters. The van der Waals surface area contributed by atoms with Crippen molar-refractivity contribution < 1.29 is 8.42 Å². The molecular formula is C24H26N4O2S. The standard InChI is InChI=1S/C24H26N4O2S/c1-17-8-9-18(2)22(14-17)31(29,30)28-15-20-11-13-27(16-21(20)28)23-10-12-25-24(26-23)19-6-4-3-5-7-19/h3-10,12,14,20-21H,11,13,15-16H2,1-2H3. The number of hydrogen-bond donors (Lipinski definition) is 0. The van der Waals surface area contributed by atoms with E-state index >= 15 is 0 Å². The average molecular weight is 435 g/mol. The van der Waals surface area contributed by atoms with Gasteiger partial charge < -0.3 is 4.90 Å². The third kappa shape index (κ3) is 3.62. The predicted molar refractivity (Wildman–Crippen MR) is 121 cm³/mol. The number of anilines is 1. The van der Waals surface area contributed by atoms with Crippen molar-refractivity contribution in [2.75, 3.05) is 24.5 Å². The van der Waals surface area contributed by atoms with E-state index in [9.17, 15) is 8.42 Å². The first-order valence-electron chi connectivity index (χ1n) is 10.7. The Morgan fingerprint density at radius 1 is 1.00 bits per heavy atom. The molecule has 2 fully saturated rings. The Morgan fingerprint density at radius 3 is 2.61 bits per heavy atom. The van der Waals surface area contributed by atoms with Gasteiger partial charge in [0.05, 0.1) is 4.90 Å². The molecule has 5 rings (SSSR count). The number of aryl methyl sites for hydroxylation is 2.